The maximum absolute atomic E-state index is 13.7. The SMILES string of the molecule is CN1C=C(c2cc(C(C)(C)O)ccc2Oc2ccc(C3(N(C)C4CCN(C5NCC(C(=O)NC6C(C)(C)C(Oc7ccc(C#N)c(Cl)c7)C6(C)C)CN5)CC4)COC3)cc2)C2CCNC2C1=O. The summed E-state index contributed by atoms with van der Waals surface area (Å²) in [5, 5.41) is 34.6. The standard InChI is InChI=1S/C52H67ClN8O6/c1-49(2)46(50(3,4)47(49)67-37-13-9-31(25-54)41(53)24-37)58-44(62)32-26-56-48(57-27-32)61-21-18-35(19-22-61)60(8)52(29-65-30-52)33-10-14-36(15-11-33)66-42-16-12-34(51(5,6)64)23-39(42)40-28-59(7)45(63)43-38(40)17-20-55-43/h9-16,23-24,28,32,35,38,43,46-48,55-57,64H,17-22,26-27,29-30H2,1-8H3,(H,58,62). The van der Waals surface area contributed by atoms with Gasteiger partial charge in [0.15, 0.2) is 0 Å². The van der Waals surface area contributed by atoms with Crippen molar-refractivity contribution < 1.29 is 28.9 Å². The summed E-state index contributed by atoms with van der Waals surface area (Å²) in [6.45, 7) is 17.1. The molecule has 1 aliphatic carbocycles. The molecule has 5 aliphatic heterocycles. The quantitative estimate of drug-likeness (QED) is 0.150. The van der Waals surface area contributed by atoms with Gasteiger partial charge in [0.25, 0.3) is 0 Å². The van der Waals surface area contributed by atoms with Crippen LogP contribution in [0.2, 0.25) is 5.02 Å². The number of likely N-dealkylation sites (tertiary alicyclic amines) is 1. The van der Waals surface area contributed by atoms with Gasteiger partial charge in [-0.25, -0.2) is 0 Å². The van der Waals surface area contributed by atoms with Gasteiger partial charge in [0.1, 0.15) is 35.7 Å². The molecule has 14 nitrogen and oxygen atoms in total. The normalized spacial score (nSPS) is 28.1. The van der Waals surface area contributed by atoms with Crippen LogP contribution in [-0.4, -0.2) is 122 Å². The van der Waals surface area contributed by atoms with E-state index in [-0.39, 0.29) is 64.5 Å². The topological polar surface area (TPSA) is 164 Å². The molecule has 2 amide bonds. The Morgan fingerprint density at radius 2 is 1.64 bits per heavy atom. The molecule has 5 fully saturated rings. The summed E-state index contributed by atoms with van der Waals surface area (Å²) in [5.41, 5.74) is 2.34. The number of nitriles is 1. The van der Waals surface area contributed by atoms with Crippen molar-refractivity contribution in [2.75, 3.05) is 60.0 Å². The van der Waals surface area contributed by atoms with Crippen molar-refractivity contribution in [3.8, 4) is 23.3 Å². The van der Waals surface area contributed by atoms with Crippen LogP contribution in [0.1, 0.15) is 83.1 Å². The van der Waals surface area contributed by atoms with Crippen LogP contribution < -0.4 is 30.7 Å². The maximum atomic E-state index is 13.7. The summed E-state index contributed by atoms with van der Waals surface area (Å²) < 4.78 is 19.0. The number of carbonyl (C=O) groups excluding carboxylic acids is 2. The van der Waals surface area contributed by atoms with Gasteiger partial charge in [0.2, 0.25) is 11.8 Å². The predicted molar refractivity (Wildman–Crippen MR) is 257 cm³/mol. The summed E-state index contributed by atoms with van der Waals surface area (Å²) in [7, 11) is 4.03. The fraction of sp³-hybridized carbons (Fsp3) is 0.558. The largest absolute Gasteiger partial charge is 0.489 e. The van der Waals surface area contributed by atoms with Crippen LogP contribution in [0.3, 0.4) is 0 Å². The van der Waals surface area contributed by atoms with Gasteiger partial charge in [0, 0.05) is 79.9 Å². The zero-order chi connectivity index (χ0) is 47.6. The highest BCUT2D eigenvalue weighted by atomic mass is 35.5. The van der Waals surface area contributed by atoms with Gasteiger partial charge in [-0.2, -0.15) is 5.26 Å². The molecular weight excluding hydrogens is 868 g/mol. The number of likely N-dealkylation sites (N-methyl/N-ethyl adjacent to an activating group) is 2. The summed E-state index contributed by atoms with van der Waals surface area (Å²) in [6, 6.07) is 21.5. The predicted octanol–water partition coefficient (Wildman–Crippen LogP) is 5.74. The lowest BCUT2D eigenvalue weighted by atomic mass is 9.49. The van der Waals surface area contributed by atoms with Gasteiger partial charge in [-0.3, -0.25) is 30.0 Å². The Labute approximate surface area is 400 Å². The van der Waals surface area contributed by atoms with Crippen LogP contribution in [0.4, 0.5) is 0 Å². The number of rotatable bonds is 12. The number of piperidine rings is 1. The first-order valence-electron chi connectivity index (χ1n) is 23.9. The van der Waals surface area contributed by atoms with E-state index in [1.807, 2.05) is 36.5 Å². The first kappa shape index (κ1) is 47.5. The zero-order valence-electron chi connectivity index (χ0n) is 40.1. The van der Waals surface area contributed by atoms with Crippen molar-refractivity contribution in [2.45, 2.75) is 102 Å². The van der Waals surface area contributed by atoms with Crippen LogP contribution in [-0.2, 0) is 25.5 Å². The van der Waals surface area contributed by atoms with E-state index in [0.717, 1.165) is 55.6 Å². The Morgan fingerprint density at radius 3 is 2.25 bits per heavy atom. The monoisotopic (exact) mass is 934 g/mol. The molecule has 0 bridgehead atoms. The van der Waals surface area contributed by atoms with E-state index in [0.29, 0.717) is 60.2 Å². The third-order valence-electron chi connectivity index (χ3n) is 15.9. The van der Waals surface area contributed by atoms with Gasteiger partial charge in [0.05, 0.1) is 46.9 Å². The molecule has 67 heavy (non-hydrogen) atoms. The first-order valence-corrected chi connectivity index (χ1v) is 24.3. The molecule has 1 saturated carbocycles. The van der Waals surface area contributed by atoms with Gasteiger partial charge < -0.3 is 34.9 Å². The number of hydrogen-bond donors (Lipinski definition) is 5. The molecule has 4 saturated heterocycles. The molecule has 3 aromatic rings. The lowest BCUT2D eigenvalue weighted by Crippen LogP contribution is -2.75. The van der Waals surface area contributed by atoms with Gasteiger partial charge in [-0.05, 0) is 99.8 Å². The lowest BCUT2D eigenvalue weighted by Gasteiger charge is -2.63. The van der Waals surface area contributed by atoms with E-state index < -0.39 is 5.60 Å². The Morgan fingerprint density at radius 1 is 0.970 bits per heavy atom. The fourth-order valence-corrected chi connectivity index (χ4v) is 12.3. The smallest absolute Gasteiger partial charge is 0.244 e. The second-order valence-corrected chi connectivity index (χ2v) is 21.8. The minimum absolute atomic E-state index is 0.00151. The van der Waals surface area contributed by atoms with Crippen molar-refractivity contribution in [1.29, 1.82) is 5.26 Å². The number of hydrogen-bond acceptors (Lipinski definition) is 12. The third kappa shape index (κ3) is 8.76. The Kier molecular flexibility index (Phi) is 12.8. The second kappa shape index (κ2) is 18.1. The third-order valence-corrected chi connectivity index (χ3v) is 16.2. The number of amides is 2. The average molecular weight is 936 g/mol. The molecule has 0 radical (unpaired) electrons. The Hall–Kier alpha value is -4.56. The van der Waals surface area contributed by atoms with Crippen LogP contribution >= 0.6 is 11.6 Å². The lowest BCUT2D eigenvalue weighted by molar-refractivity contribution is -0.175. The Bertz CT molecular complexity index is 2410. The maximum Gasteiger partial charge on any atom is 0.244 e. The Balaban J connectivity index is 0.785. The van der Waals surface area contributed by atoms with Crippen molar-refractivity contribution in [3.63, 3.8) is 0 Å². The van der Waals surface area contributed by atoms with E-state index in [1.54, 1.807) is 44.0 Å². The number of nitrogens with one attached hydrogen (secondary N) is 4. The van der Waals surface area contributed by atoms with Crippen molar-refractivity contribution in [2.24, 2.45) is 22.7 Å². The second-order valence-electron chi connectivity index (χ2n) is 21.4. The van der Waals surface area contributed by atoms with E-state index in [4.69, 9.17) is 25.8 Å². The number of nitrogens with zero attached hydrogens (tertiary/aromatic N) is 4. The van der Waals surface area contributed by atoms with E-state index in [2.05, 4.69) is 84.0 Å². The van der Waals surface area contributed by atoms with Gasteiger partial charge in [-0.1, -0.05) is 57.5 Å². The summed E-state index contributed by atoms with van der Waals surface area (Å²) >= 11 is 6.29. The van der Waals surface area contributed by atoms with E-state index >= 15 is 0 Å². The van der Waals surface area contributed by atoms with E-state index in [1.165, 1.54) is 5.56 Å². The number of fused-ring (bicyclic) bond motifs is 1. The van der Waals surface area contributed by atoms with Crippen LogP contribution in [0.25, 0.3) is 5.57 Å². The molecule has 9 rings (SSSR count). The van der Waals surface area contributed by atoms with Crippen molar-refractivity contribution >= 4 is 29.0 Å². The molecule has 2 atom stereocenters. The molecule has 15 heteroatoms. The molecule has 358 valence electrons. The summed E-state index contributed by atoms with van der Waals surface area (Å²) in [4.78, 5) is 33.4. The molecule has 3 aromatic carbocycles. The molecule has 6 aliphatic rings. The van der Waals surface area contributed by atoms with Crippen molar-refractivity contribution in [3.05, 3.63) is 94.1 Å². The highest BCUT2D eigenvalue weighted by molar-refractivity contribution is 6.31. The minimum atomic E-state index is -1.05. The number of aliphatic hydroxyl groups is 1. The zero-order valence-corrected chi connectivity index (χ0v) is 40.9. The highest BCUT2D eigenvalue weighted by Gasteiger charge is 2.64. The number of benzene rings is 3. The fourth-order valence-electron chi connectivity index (χ4n) is 12.0. The van der Waals surface area contributed by atoms with Gasteiger partial charge >= 0.3 is 0 Å². The van der Waals surface area contributed by atoms with Gasteiger partial charge in [-0.15, -0.1) is 0 Å². The van der Waals surface area contributed by atoms with Crippen LogP contribution in [0.15, 0.2) is 66.9 Å². The average Bonchev–Trinajstić information content (AvgIpc) is 3.79. The molecule has 0 spiro atoms. The molecular formula is C52H67ClN8O6. The number of ether oxygens (including phenoxy) is 3. The van der Waals surface area contributed by atoms with Crippen LogP contribution in [0, 0.1) is 34.0 Å². The minimum Gasteiger partial charge on any atom is -0.489 e. The van der Waals surface area contributed by atoms with E-state index in [9.17, 15) is 20.0 Å². The molecule has 5 heterocycles. The molecule has 5 N–H and O–H groups in total. The molecule has 2 unspecified atom stereocenters. The number of halogens is 1. The van der Waals surface area contributed by atoms with Crippen molar-refractivity contribution in [1.82, 2.24) is 36.0 Å². The number of carbonyl (C=O) groups is 2. The summed E-state index contributed by atoms with van der Waals surface area (Å²) in [5.74, 6) is 1.92. The summed E-state index contributed by atoms with van der Waals surface area (Å²) in [6.07, 6.45) is 4.62. The molecule has 0 aromatic heterocycles. The highest BCUT2D eigenvalue weighted by Crippen LogP contribution is 2.56. The van der Waals surface area contributed by atoms with Crippen LogP contribution in [0.5, 0.6) is 17.2 Å². The first-order chi connectivity index (χ1) is 31.8.